The van der Waals surface area contributed by atoms with Gasteiger partial charge in [-0.3, -0.25) is 0 Å². The van der Waals surface area contributed by atoms with Gasteiger partial charge in [0.2, 0.25) is 5.84 Å². The van der Waals surface area contributed by atoms with Crippen LogP contribution in [0.15, 0.2) is 16.4 Å². The van der Waals surface area contributed by atoms with Crippen molar-refractivity contribution in [3.63, 3.8) is 0 Å². The number of hydrogen-bond acceptors (Lipinski definition) is 1. The van der Waals surface area contributed by atoms with Gasteiger partial charge < -0.3 is 0 Å². The predicted molar refractivity (Wildman–Crippen MR) is 210 cm³/mol. The maximum absolute atomic E-state index is 5.61. The topological polar surface area (TPSA) is 12.4 Å². The zero-order valence-electron chi connectivity index (χ0n) is 32.9. The van der Waals surface area contributed by atoms with Gasteiger partial charge in [-0.15, -0.1) is 0 Å². The van der Waals surface area contributed by atoms with E-state index in [4.69, 9.17) is 4.99 Å². The van der Waals surface area contributed by atoms with Crippen LogP contribution in [0.2, 0.25) is 0 Å². The molecule has 272 valence electrons. The average Bonchev–Trinajstić information content (AvgIpc) is 3.32. The van der Waals surface area contributed by atoms with Crippen molar-refractivity contribution >= 4 is 5.84 Å². The van der Waals surface area contributed by atoms with Crippen LogP contribution in [0, 0.1) is 0 Å². The molecule has 46 heavy (non-hydrogen) atoms. The molecule has 0 saturated heterocycles. The van der Waals surface area contributed by atoms with E-state index < -0.39 is 0 Å². The molecule has 2 nitrogen and oxygen atoms in total. The summed E-state index contributed by atoms with van der Waals surface area (Å²) in [6.07, 6.45) is 47.6. The molecule has 0 unspecified atom stereocenters. The fraction of sp³-hybridized carbons (Fsp3) is 0.932. The van der Waals surface area contributed by atoms with Crippen molar-refractivity contribution in [1.29, 1.82) is 0 Å². The van der Waals surface area contributed by atoms with Crippen molar-refractivity contribution in [1.82, 2.24) is 0 Å². The molecule has 0 N–H and O–H groups in total. The van der Waals surface area contributed by atoms with Gasteiger partial charge in [-0.1, -0.05) is 195 Å². The Balaban J connectivity index is 2.85. The summed E-state index contributed by atoms with van der Waals surface area (Å²) in [5, 5.41) is 0. The summed E-state index contributed by atoms with van der Waals surface area (Å²) >= 11 is 0. The van der Waals surface area contributed by atoms with E-state index in [0.717, 1.165) is 4.48 Å². The van der Waals surface area contributed by atoms with Crippen LogP contribution in [0.5, 0.6) is 0 Å². The molecule has 1 aliphatic rings. The van der Waals surface area contributed by atoms with Gasteiger partial charge >= 0.3 is 0 Å². The lowest BCUT2D eigenvalue weighted by atomic mass is 10.0. The quantitative estimate of drug-likeness (QED) is 0.0476. The molecule has 1 rings (SSSR count). The molecule has 0 aromatic heterocycles. The van der Waals surface area contributed by atoms with E-state index in [-0.39, 0.29) is 0 Å². The van der Waals surface area contributed by atoms with Crippen LogP contribution in [0.3, 0.4) is 0 Å². The van der Waals surface area contributed by atoms with Crippen LogP contribution in [0.25, 0.3) is 0 Å². The van der Waals surface area contributed by atoms with Gasteiger partial charge in [0, 0.05) is 13.3 Å². The highest BCUT2D eigenvalue weighted by Gasteiger charge is 2.41. The highest BCUT2D eigenvalue weighted by molar-refractivity contribution is 5.80. The van der Waals surface area contributed by atoms with E-state index in [1.807, 2.05) is 0 Å². The van der Waals surface area contributed by atoms with E-state index in [9.17, 15) is 0 Å². The molecule has 0 aromatic rings. The van der Waals surface area contributed by atoms with Crippen LogP contribution in [0.4, 0.5) is 0 Å². The van der Waals surface area contributed by atoms with Crippen LogP contribution < -0.4 is 0 Å². The molecule has 0 aliphatic carbocycles. The molecule has 0 fully saturated rings. The summed E-state index contributed by atoms with van der Waals surface area (Å²) in [6.45, 7) is 14.5. The summed E-state index contributed by atoms with van der Waals surface area (Å²) in [5.41, 5.74) is 3.16. The van der Waals surface area contributed by atoms with Gasteiger partial charge in [-0.25, -0.2) is 4.48 Å². The number of rotatable bonds is 36. The minimum Gasteiger partial charge on any atom is -0.248 e. The highest BCUT2D eigenvalue weighted by atomic mass is 15.4. The zero-order valence-corrected chi connectivity index (χ0v) is 32.9. The summed E-state index contributed by atoms with van der Waals surface area (Å²) in [7, 11) is 0. The van der Waals surface area contributed by atoms with Gasteiger partial charge in [0.1, 0.15) is 11.4 Å². The maximum atomic E-state index is 5.61. The molecular formula is C44H87N2+. The summed E-state index contributed by atoms with van der Waals surface area (Å²) in [4.78, 5) is 5.61. The van der Waals surface area contributed by atoms with Crippen LogP contribution >= 0.6 is 0 Å². The predicted octanol–water partition coefficient (Wildman–Crippen LogP) is 15.8. The molecule has 0 amide bonds. The van der Waals surface area contributed by atoms with Gasteiger partial charge in [0.25, 0.3) is 0 Å². The van der Waals surface area contributed by atoms with E-state index >= 15 is 0 Å². The van der Waals surface area contributed by atoms with Crippen molar-refractivity contribution < 1.29 is 4.48 Å². The second-order valence-electron chi connectivity index (χ2n) is 15.4. The second kappa shape index (κ2) is 31.6. The number of allylic oxidation sites excluding steroid dienone is 2. The molecular weight excluding hydrogens is 556 g/mol. The number of aliphatic imine (C=N–C) groups is 1. The maximum Gasteiger partial charge on any atom is 0.208 e. The van der Waals surface area contributed by atoms with Crippen LogP contribution in [-0.4, -0.2) is 23.4 Å². The Labute approximate surface area is 292 Å². The second-order valence-corrected chi connectivity index (χ2v) is 15.4. The fourth-order valence-corrected chi connectivity index (χ4v) is 7.86. The molecule has 0 saturated carbocycles. The van der Waals surface area contributed by atoms with E-state index in [2.05, 4.69) is 34.6 Å². The first-order valence-electron chi connectivity index (χ1n) is 21.8. The first-order chi connectivity index (χ1) is 22.7. The minimum atomic E-state index is 1.16. The Morgan fingerprint density at radius 2 is 0.630 bits per heavy atom. The third-order valence-electron chi connectivity index (χ3n) is 11.1. The fourth-order valence-electron chi connectivity index (χ4n) is 7.86. The van der Waals surface area contributed by atoms with Crippen molar-refractivity contribution in [2.45, 2.75) is 253 Å². The zero-order chi connectivity index (χ0) is 33.4. The summed E-state index contributed by atoms with van der Waals surface area (Å²) in [5.74, 6) is 1.57. The molecule has 1 aliphatic heterocycles. The molecule has 2 heteroatoms. The van der Waals surface area contributed by atoms with Gasteiger partial charge in [0.05, 0.1) is 13.1 Å². The molecule has 1 heterocycles. The molecule has 0 atom stereocenters. The standard InChI is InChI=1S/C44H87N2/c1-6-10-14-18-22-26-30-34-38-43-42(5)46(40-36-32-28-24-20-16-12-8-3,41-37-33-29-25-21-17-13-9-4)44(45-43)39-35-31-27-23-19-15-11-7-2/h6-41H2,1-5H3/q+1. The Kier molecular flexibility index (Phi) is 29.8. The number of quaternary nitrogens is 1. The molecule has 0 bridgehead atoms. The minimum absolute atomic E-state index is 1.16. The monoisotopic (exact) mass is 644 g/mol. The Morgan fingerprint density at radius 1 is 0.348 bits per heavy atom. The lowest BCUT2D eigenvalue weighted by Gasteiger charge is -2.36. The van der Waals surface area contributed by atoms with Crippen molar-refractivity contribution in [3.05, 3.63) is 11.4 Å². The Morgan fingerprint density at radius 3 is 0.978 bits per heavy atom. The number of hydrogen-bond donors (Lipinski definition) is 0. The first kappa shape index (κ1) is 43.4. The SMILES string of the molecule is CCCCCCCCCCC1=NC(CCCCCCCCCC)=C(C)[N+]1(CCCCCCCCCC)CCCCCCCCCC. The normalized spacial score (nSPS) is 14.5. The summed E-state index contributed by atoms with van der Waals surface area (Å²) < 4.78 is 1.16. The third-order valence-corrected chi connectivity index (χ3v) is 11.1. The largest absolute Gasteiger partial charge is 0.248 e. The van der Waals surface area contributed by atoms with Crippen LogP contribution in [0.1, 0.15) is 253 Å². The molecule has 0 radical (unpaired) electrons. The smallest absolute Gasteiger partial charge is 0.208 e. The summed E-state index contributed by atoms with van der Waals surface area (Å²) in [6, 6.07) is 0. The van der Waals surface area contributed by atoms with E-state index in [1.54, 1.807) is 11.5 Å². The van der Waals surface area contributed by atoms with Crippen molar-refractivity contribution in [3.8, 4) is 0 Å². The molecule has 0 aromatic carbocycles. The number of nitrogens with zero attached hydrogens (tertiary/aromatic N) is 2. The first-order valence-corrected chi connectivity index (χ1v) is 21.8. The number of amidine groups is 1. The lowest BCUT2D eigenvalue weighted by Crippen LogP contribution is -2.50. The van der Waals surface area contributed by atoms with Gasteiger partial charge in [-0.2, -0.15) is 4.99 Å². The van der Waals surface area contributed by atoms with E-state index in [0.29, 0.717) is 0 Å². The van der Waals surface area contributed by atoms with Gasteiger partial charge in [0.15, 0.2) is 0 Å². The Bertz CT molecular complexity index is 699. The average molecular weight is 644 g/mol. The van der Waals surface area contributed by atoms with E-state index in [1.165, 1.54) is 237 Å². The Hall–Kier alpha value is -0.630. The van der Waals surface area contributed by atoms with Crippen LogP contribution in [-0.2, 0) is 0 Å². The van der Waals surface area contributed by atoms with Crippen molar-refractivity contribution in [2.75, 3.05) is 13.1 Å². The highest BCUT2D eigenvalue weighted by Crippen LogP contribution is 2.36. The molecule has 0 spiro atoms. The van der Waals surface area contributed by atoms with Crippen molar-refractivity contribution in [2.24, 2.45) is 4.99 Å². The third kappa shape index (κ3) is 20.7. The lowest BCUT2D eigenvalue weighted by molar-refractivity contribution is -0.802. The van der Waals surface area contributed by atoms with Gasteiger partial charge in [-0.05, 0) is 44.9 Å². The number of unbranched alkanes of at least 4 members (excludes halogenated alkanes) is 28.